The number of barbiturate groups is 1. The molecule has 186 valence electrons. The van der Waals surface area contributed by atoms with Crippen LogP contribution in [0.2, 0.25) is 20.1 Å². The van der Waals surface area contributed by atoms with Crippen molar-refractivity contribution in [3.05, 3.63) is 61.6 Å². The van der Waals surface area contributed by atoms with E-state index in [0.717, 1.165) is 24.2 Å². The molecule has 1 saturated heterocycles. The van der Waals surface area contributed by atoms with Gasteiger partial charge in [-0.05, 0) is 48.4 Å². The first kappa shape index (κ1) is 27.3. The predicted molar refractivity (Wildman–Crippen MR) is 141 cm³/mol. The van der Waals surface area contributed by atoms with Gasteiger partial charge in [0.05, 0.1) is 32.4 Å². The summed E-state index contributed by atoms with van der Waals surface area (Å²) >= 11 is 24.7. The van der Waals surface area contributed by atoms with E-state index in [1.54, 1.807) is 0 Å². The summed E-state index contributed by atoms with van der Waals surface area (Å²) in [5, 5.41) is 3.06. The van der Waals surface area contributed by atoms with Gasteiger partial charge < -0.3 is 4.74 Å². The number of imide groups is 2. The zero-order valence-electron chi connectivity index (χ0n) is 19.0. The summed E-state index contributed by atoms with van der Waals surface area (Å²) in [6, 6.07) is 6.43. The van der Waals surface area contributed by atoms with Crippen molar-refractivity contribution in [3.8, 4) is 5.75 Å². The molecular formula is C25H24Cl4N2O4. The lowest BCUT2D eigenvalue weighted by Crippen LogP contribution is -2.54. The first-order chi connectivity index (χ1) is 16.7. The highest BCUT2D eigenvalue weighted by Gasteiger charge is 2.37. The number of nitrogens with zero attached hydrogens (tertiary/aromatic N) is 1. The Morgan fingerprint density at radius 1 is 0.857 bits per heavy atom. The molecule has 0 saturated carbocycles. The monoisotopic (exact) mass is 556 g/mol. The van der Waals surface area contributed by atoms with Gasteiger partial charge in [-0.3, -0.25) is 14.9 Å². The zero-order chi connectivity index (χ0) is 25.5. The van der Waals surface area contributed by atoms with E-state index in [1.807, 2.05) is 0 Å². The normalized spacial score (nSPS) is 15.1. The maximum absolute atomic E-state index is 13.1. The fraction of sp³-hybridized carbons (Fsp3) is 0.320. The van der Waals surface area contributed by atoms with Crippen molar-refractivity contribution in [2.45, 2.75) is 45.4 Å². The summed E-state index contributed by atoms with van der Waals surface area (Å²) in [7, 11) is 0. The topological polar surface area (TPSA) is 75.7 Å². The Kier molecular flexibility index (Phi) is 9.87. The number of urea groups is 1. The van der Waals surface area contributed by atoms with Gasteiger partial charge in [-0.25, -0.2) is 9.69 Å². The maximum Gasteiger partial charge on any atom is 0.335 e. The number of ether oxygens (including phenoxy) is 1. The van der Waals surface area contributed by atoms with Crippen molar-refractivity contribution in [2.75, 3.05) is 11.5 Å². The van der Waals surface area contributed by atoms with E-state index in [-0.39, 0.29) is 31.4 Å². The molecule has 1 aliphatic heterocycles. The van der Waals surface area contributed by atoms with Gasteiger partial charge in [-0.2, -0.15) is 0 Å². The van der Waals surface area contributed by atoms with E-state index < -0.39 is 17.8 Å². The Labute approximate surface area is 224 Å². The molecule has 10 heteroatoms. The van der Waals surface area contributed by atoms with Gasteiger partial charge in [-0.15, -0.1) is 0 Å². The smallest absolute Gasteiger partial charge is 0.335 e. The van der Waals surface area contributed by atoms with Crippen LogP contribution in [0.3, 0.4) is 0 Å². The van der Waals surface area contributed by atoms with E-state index in [9.17, 15) is 14.4 Å². The van der Waals surface area contributed by atoms with Crippen molar-refractivity contribution in [1.82, 2.24) is 5.32 Å². The number of amides is 4. The second kappa shape index (κ2) is 12.6. The molecule has 0 unspecified atom stereocenters. The molecule has 0 aromatic heterocycles. The number of carbonyl (C=O) groups excluding carboxylic acids is 3. The fourth-order valence-electron chi connectivity index (χ4n) is 3.54. The quantitative estimate of drug-likeness (QED) is 0.184. The molecule has 0 radical (unpaired) electrons. The highest BCUT2D eigenvalue weighted by molar-refractivity contribution is 6.43. The molecule has 0 spiro atoms. The Balaban J connectivity index is 1.77. The first-order valence-corrected chi connectivity index (χ1v) is 12.7. The summed E-state index contributed by atoms with van der Waals surface area (Å²) < 4.78 is 5.76. The summed E-state index contributed by atoms with van der Waals surface area (Å²) in [6.45, 7) is 2.65. The molecular weight excluding hydrogens is 534 g/mol. The lowest BCUT2D eigenvalue weighted by atomic mass is 10.1. The number of hydrogen-bond acceptors (Lipinski definition) is 4. The van der Waals surface area contributed by atoms with E-state index >= 15 is 0 Å². The van der Waals surface area contributed by atoms with Crippen LogP contribution >= 0.6 is 46.4 Å². The largest absolute Gasteiger partial charge is 0.490 e. The number of hydrogen-bond donors (Lipinski definition) is 1. The molecule has 0 atom stereocenters. The van der Waals surface area contributed by atoms with Crippen LogP contribution in [-0.4, -0.2) is 24.5 Å². The molecule has 35 heavy (non-hydrogen) atoms. The Morgan fingerprint density at radius 2 is 1.51 bits per heavy atom. The summed E-state index contributed by atoms with van der Waals surface area (Å²) in [5.74, 6) is -1.32. The SMILES string of the molecule is CCCCCCCCOc1c(Cl)cc(/C=C2/C(=O)NC(=O)N(c3ccc(Cl)c(Cl)c3)C2=O)cc1Cl. The molecule has 1 aliphatic rings. The van der Waals surface area contributed by atoms with E-state index in [2.05, 4.69) is 12.2 Å². The molecule has 2 aromatic carbocycles. The van der Waals surface area contributed by atoms with Gasteiger partial charge in [0.1, 0.15) is 5.57 Å². The number of nitrogens with one attached hydrogen (secondary N) is 1. The van der Waals surface area contributed by atoms with Crippen LogP contribution in [0, 0.1) is 0 Å². The van der Waals surface area contributed by atoms with E-state index in [1.165, 1.54) is 55.7 Å². The van der Waals surface area contributed by atoms with Gasteiger partial charge in [0, 0.05) is 0 Å². The van der Waals surface area contributed by atoms with Crippen molar-refractivity contribution in [2.24, 2.45) is 0 Å². The van der Waals surface area contributed by atoms with Crippen molar-refractivity contribution in [1.29, 1.82) is 0 Å². The number of unbranched alkanes of at least 4 members (excludes halogenated alkanes) is 5. The van der Waals surface area contributed by atoms with Gasteiger partial charge in [0.2, 0.25) is 0 Å². The lowest BCUT2D eigenvalue weighted by Gasteiger charge is -2.26. The molecule has 0 bridgehead atoms. The molecule has 1 fully saturated rings. The van der Waals surface area contributed by atoms with Gasteiger partial charge in [0.25, 0.3) is 11.8 Å². The average molecular weight is 558 g/mol. The molecule has 4 amide bonds. The molecule has 2 aromatic rings. The third-order valence-corrected chi connectivity index (χ3v) is 6.64. The first-order valence-electron chi connectivity index (χ1n) is 11.2. The van der Waals surface area contributed by atoms with Crippen LogP contribution in [0.1, 0.15) is 51.0 Å². The van der Waals surface area contributed by atoms with Crippen LogP contribution in [0.15, 0.2) is 35.9 Å². The van der Waals surface area contributed by atoms with Gasteiger partial charge in [-0.1, -0.05) is 85.4 Å². The molecule has 1 N–H and O–H groups in total. The third-order valence-electron chi connectivity index (χ3n) is 5.34. The number of benzene rings is 2. The second-order valence-corrected chi connectivity index (χ2v) is 9.61. The van der Waals surface area contributed by atoms with Crippen molar-refractivity contribution < 1.29 is 19.1 Å². The van der Waals surface area contributed by atoms with E-state index in [4.69, 9.17) is 51.1 Å². The summed E-state index contributed by atoms with van der Waals surface area (Å²) in [5.41, 5.74) is 0.284. The highest BCUT2D eigenvalue weighted by atomic mass is 35.5. The highest BCUT2D eigenvalue weighted by Crippen LogP contribution is 2.36. The minimum atomic E-state index is -0.898. The maximum atomic E-state index is 13.1. The minimum absolute atomic E-state index is 0.155. The molecule has 0 aliphatic carbocycles. The van der Waals surface area contributed by atoms with Gasteiger partial charge in [0.15, 0.2) is 5.75 Å². The van der Waals surface area contributed by atoms with E-state index in [0.29, 0.717) is 17.9 Å². The standard InChI is InChI=1S/C25H24Cl4N2O4/c1-2-3-4-5-6-7-10-35-22-20(28)12-15(13-21(22)29)11-17-23(32)30-25(34)31(24(17)33)16-8-9-18(26)19(27)14-16/h8-9,11-14H,2-7,10H2,1H3,(H,30,32,34)/b17-11-. The molecule has 3 rings (SSSR count). The van der Waals surface area contributed by atoms with Crippen molar-refractivity contribution >= 4 is 76.0 Å². The van der Waals surface area contributed by atoms with Crippen LogP contribution < -0.4 is 15.0 Å². The van der Waals surface area contributed by atoms with Gasteiger partial charge >= 0.3 is 6.03 Å². The predicted octanol–water partition coefficient (Wildman–Crippen LogP) is 7.71. The Hall–Kier alpha value is -2.25. The zero-order valence-corrected chi connectivity index (χ0v) is 22.0. The number of halogens is 4. The average Bonchev–Trinajstić information content (AvgIpc) is 2.79. The summed E-state index contributed by atoms with van der Waals surface area (Å²) in [4.78, 5) is 38.7. The van der Waals surface area contributed by atoms with Crippen molar-refractivity contribution in [3.63, 3.8) is 0 Å². The Morgan fingerprint density at radius 3 is 2.17 bits per heavy atom. The number of carbonyl (C=O) groups is 3. The Bertz CT molecular complexity index is 1140. The summed E-state index contributed by atoms with van der Waals surface area (Å²) in [6.07, 6.45) is 8.05. The number of rotatable bonds is 10. The van der Waals surface area contributed by atoms with Crippen LogP contribution in [0.25, 0.3) is 6.08 Å². The number of anilines is 1. The third kappa shape index (κ3) is 6.91. The lowest BCUT2D eigenvalue weighted by molar-refractivity contribution is -0.122. The fourth-order valence-corrected chi connectivity index (χ4v) is 4.45. The second-order valence-electron chi connectivity index (χ2n) is 7.99. The minimum Gasteiger partial charge on any atom is -0.490 e. The van der Waals surface area contributed by atoms with Crippen LogP contribution in [-0.2, 0) is 9.59 Å². The molecule has 1 heterocycles. The van der Waals surface area contributed by atoms with Crippen LogP contribution in [0.5, 0.6) is 5.75 Å². The molecule has 6 nitrogen and oxygen atoms in total. The van der Waals surface area contributed by atoms with Crippen LogP contribution in [0.4, 0.5) is 10.5 Å².